The number of benzene rings is 1. The number of alkyl halides is 3. The minimum absolute atomic E-state index is 0.156. The summed E-state index contributed by atoms with van der Waals surface area (Å²) < 4.78 is 38.1. The summed E-state index contributed by atoms with van der Waals surface area (Å²) in [6.07, 6.45) is -2.87. The maximum atomic E-state index is 12.7. The molecule has 8 heteroatoms. The van der Waals surface area contributed by atoms with Gasteiger partial charge in [-0.15, -0.1) is 5.10 Å². The average Bonchev–Trinajstić information content (AvgIpc) is 2.48. The molecule has 1 aromatic carbocycles. The van der Waals surface area contributed by atoms with Gasteiger partial charge in [-0.05, 0) is 32.0 Å². The second kappa shape index (κ2) is 6.59. The molecule has 0 fully saturated rings. The fourth-order valence-corrected chi connectivity index (χ4v) is 1.95. The normalized spacial score (nSPS) is 11.3. The Morgan fingerprint density at radius 1 is 1.18 bits per heavy atom. The van der Waals surface area contributed by atoms with Gasteiger partial charge in [0.2, 0.25) is 5.95 Å². The van der Waals surface area contributed by atoms with Crippen molar-refractivity contribution in [2.24, 2.45) is 0 Å². The van der Waals surface area contributed by atoms with Crippen LogP contribution >= 0.6 is 0 Å². The number of nitrogens with one attached hydrogen (secondary N) is 1. The summed E-state index contributed by atoms with van der Waals surface area (Å²) in [5.41, 5.74) is -0.473. The third-order valence-electron chi connectivity index (χ3n) is 3.08. The van der Waals surface area contributed by atoms with Gasteiger partial charge in [0.15, 0.2) is 5.82 Å². The van der Waals surface area contributed by atoms with Gasteiger partial charge in [0.1, 0.15) is 0 Å². The second-order valence-corrected chi connectivity index (χ2v) is 4.51. The summed E-state index contributed by atoms with van der Waals surface area (Å²) in [7, 11) is 0. The highest BCUT2D eigenvalue weighted by molar-refractivity contribution is 5.55. The SMILES string of the molecule is CCN(CC)c1cnnc(Nc2cccc(C(F)(F)F)c2)n1. The Kier molecular flexibility index (Phi) is 4.79. The topological polar surface area (TPSA) is 53.9 Å². The van der Waals surface area contributed by atoms with E-state index in [4.69, 9.17) is 0 Å². The molecule has 0 aliphatic rings. The Labute approximate surface area is 126 Å². The predicted octanol–water partition coefficient (Wildman–Crippen LogP) is 3.48. The number of nitrogens with zero attached hydrogens (tertiary/aromatic N) is 4. The van der Waals surface area contributed by atoms with Crippen molar-refractivity contribution in [3.8, 4) is 0 Å². The first-order chi connectivity index (χ1) is 10.4. The molecule has 0 bridgehead atoms. The van der Waals surface area contributed by atoms with Crippen LogP contribution in [0.3, 0.4) is 0 Å². The molecule has 1 aromatic heterocycles. The first kappa shape index (κ1) is 16.0. The van der Waals surface area contributed by atoms with Crippen LogP contribution in [0, 0.1) is 0 Å². The average molecular weight is 311 g/mol. The number of hydrogen-bond donors (Lipinski definition) is 1. The molecular weight excluding hydrogens is 295 g/mol. The Morgan fingerprint density at radius 2 is 1.91 bits per heavy atom. The van der Waals surface area contributed by atoms with E-state index in [-0.39, 0.29) is 11.6 Å². The highest BCUT2D eigenvalue weighted by Crippen LogP contribution is 2.31. The summed E-state index contributed by atoms with van der Waals surface area (Å²) in [6.45, 7) is 5.45. The van der Waals surface area contributed by atoms with Crippen LogP contribution in [0.2, 0.25) is 0 Å². The van der Waals surface area contributed by atoms with E-state index in [0.717, 1.165) is 25.2 Å². The standard InChI is InChI=1S/C14H16F3N5/c1-3-22(4-2)12-9-18-21-13(20-12)19-11-7-5-6-10(8-11)14(15,16)17/h5-9H,3-4H2,1-2H3,(H,19,20,21). The molecule has 0 aliphatic carbocycles. The van der Waals surface area contributed by atoms with Crippen molar-refractivity contribution in [2.45, 2.75) is 20.0 Å². The van der Waals surface area contributed by atoms with E-state index in [9.17, 15) is 13.2 Å². The second-order valence-electron chi connectivity index (χ2n) is 4.51. The monoisotopic (exact) mass is 311 g/mol. The van der Waals surface area contributed by atoms with E-state index in [2.05, 4.69) is 20.5 Å². The van der Waals surface area contributed by atoms with Crippen LogP contribution in [-0.4, -0.2) is 28.3 Å². The molecule has 1 heterocycles. The summed E-state index contributed by atoms with van der Waals surface area (Å²) in [6, 6.07) is 4.86. The molecule has 1 N–H and O–H groups in total. The first-order valence-electron chi connectivity index (χ1n) is 6.83. The Balaban J connectivity index is 2.22. The van der Waals surface area contributed by atoms with E-state index in [1.54, 1.807) is 0 Å². The van der Waals surface area contributed by atoms with Crippen molar-refractivity contribution in [1.82, 2.24) is 15.2 Å². The molecule has 0 aliphatic heterocycles. The summed E-state index contributed by atoms with van der Waals surface area (Å²) in [4.78, 5) is 6.23. The van der Waals surface area contributed by atoms with Crippen molar-refractivity contribution in [2.75, 3.05) is 23.3 Å². The minimum Gasteiger partial charge on any atom is -0.356 e. The minimum atomic E-state index is -4.39. The van der Waals surface area contributed by atoms with Gasteiger partial charge in [-0.1, -0.05) is 6.07 Å². The molecule has 0 saturated carbocycles. The zero-order valence-electron chi connectivity index (χ0n) is 12.2. The van der Waals surface area contributed by atoms with Crippen LogP contribution in [0.1, 0.15) is 19.4 Å². The molecule has 0 amide bonds. The van der Waals surface area contributed by atoms with Crippen LogP contribution < -0.4 is 10.2 Å². The van der Waals surface area contributed by atoms with Gasteiger partial charge in [-0.2, -0.15) is 23.3 Å². The van der Waals surface area contributed by atoms with E-state index >= 15 is 0 Å². The zero-order chi connectivity index (χ0) is 16.2. The molecule has 2 rings (SSSR count). The molecule has 118 valence electrons. The van der Waals surface area contributed by atoms with E-state index in [1.165, 1.54) is 18.3 Å². The molecule has 0 radical (unpaired) electrons. The van der Waals surface area contributed by atoms with Crippen LogP contribution in [-0.2, 0) is 6.18 Å². The van der Waals surface area contributed by atoms with Gasteiger partial charge in [0.05, 0.1) is 11.8 Å². The van der Waals surface area contributed by atoms with Crippen LogP contribution in [0.4, 0.5) is 30.6 Å². The third kappa shape index (κ3) is 3.84. The van der Waals surface area contributed by atoms with Crippen molar-refractivity contribution in [1.29, 1.82) is 0 Å². The van der Waals surface area contributed by atoms with Crippen molar-refractivity contribution in [3.05, 3.63) is 36.0 Å². The van der Waals surface area contributed by atoms with Crippen molar-refractivity contribution < 1.29 is 13.2 Å². The van der Waals surface area contributed by atoms with Crippen molar-refractivity contribution >= 4 is 17.5 Å². The van der Waals surface area contributed by atoms with E-state index in [1.807, 2.05) is 18.7 Å². The van der Waals surface area contributed by atoms with E-state index < -0.39 is 11.7 Å². The summed E-state index contributed by atoms with van der Waals surface area (Å²) in [5.74, 6) is 0.776. The maximum absolute atomic E-state index is 12.7. The quantitative estimate of drug-likeness (QED) is 0.916. The lowest BCUT2D eigenvalue weighted by molar-refractivity contribution is -0.137. The molecule has 5 nitrogen and oxygen atoms in total. The van der Waals surface area contributed by atoms with Crippen LogP contribution in [0.15, 0.2) is 30.5 Å². The molecule has 22 heavy (non-hydrogen) atoms. The van der Waals surface area contributed by atoms with Gasteiger partial charge >= 0.3 is 6.18 Å². The molecule has 0 unspecified atom stereocenters. The van der Waals surface area contributed by atoms with Gasteiger partial charge in [-0.25, -0.2) is 0 Å². The molecule has 2 aromatic rings. The van der Waals surface area contributed by atoms with Gasteiger partial charge < -0.3 is 10.2 Å². The smallest absolute Gasteiger partial charge is 0.356 e. The Morgan fingerprint density at radius 3 is 2.55 bits per heavy atom. The van der Waals surface area contributed by atoms with Gasteiger partial charge in [0.25, 0.3) is 0 Å². The predicted molar refractivity (Wildman–Crippen MR) is 78.1 cm³/mol. The Hall–Kier alpha value is -2.38. The molecular formula is C14H16F3N5. The number of hydrogen-bond acceptors (Lipinski definition) is 5. The Bertz CT molecular complexity index is 626. The van der Waals surface area contributed by atoms with Gasteiger partial charge in [0, 0.05) is 18.8 Å². The van der Waals surface area contributed by atoms with E-state index in [0.29, 0.717) is 5.82 Å². The third-order valence-corrected chi connectivity index (χ3v) is 3.08. The summed E-state index contributed by atoms with van der Waals surface area (Å²) >= 11 is 0. The van der Waals surface area contributed by atoms with Crippen LogP contribution in [0.25, 0.3) is 0 Å². The fraction of sp³-hybridized carbons (Fsp3) is 0.357. The summed E-state index contributed by atoms with van der Waals surface area (Å²) in [5, 5.41) is 10.4. The maximum Gasteiger partial charge on any atom is 0.416 e. The highest BCUT2D eigenvalue weighted by Gasteiger charge is 2.30. The molecule has 0 atom stereocenters. The molecule has 0 spiro atoms. The number of aromatic nitrogens is 3. The number of anilines is 3. The zero-order valence-corrected chi connectivity index (χ0v) is 12.2. The highest BCUT2D eigenvalue weighted by atomic mass is 19.4. The van der Waals surface area contributed by atoms with Gasteiger partial charge in [-0.3, -0.25) is 0 Å². The number of halogens is 3. The lowest BCUT2D eigenvalue weighted by Gasteiger charge is -2.19. The van der Waals surface area contributed by atoms with Crippen molar-refractivity contribution in [3.63, 3.8) is 0 Å². The van der Waals surface area contributed by atoms with Crippen LogP contribution in [0.5, 0.6) is 0 Å². The first-order valence-corrected chi connectivity index (χ1v) is 6.83. The largest absolute Gasteiger partial charge is 0.416 e. The lowest BCUT2D eigenvalue weighted by atomic mass is 10.2. The lowest BCUT2D eigenvalue weighted by Crippen LogP contribution is -2.23. The number of rotatable bonds is 5. The fourth-order valence-electron chi connectivity index (χ4n) is 1.95. The molecule has 0 saturated heterocycles.